The Morgan fingerprint density at radius 1 is 1.25 bits per heavy atom. The van der Waals surface area contributed by atoms with Gasteiger partial charge < -0.3 is 10.2 Å². The summed E-state index contributed by atoms with van der Waals surface area (Å²) in [5.41, 5.74) is 0. The summed E-state index contributed by atoms with van der Waals surface area (Å²) in [5, 5.41) is 3.86. The van der Waals surface area contributed by atoms with Gasteiger partial charge in [0.1, 0.15) is 0 Å². The smallest absolute Gasteiger partial charge is 0.0111 e. The van der Waals surface area contributed by atoms with Crippen LogP contribution < -0.4 is 5.32 Å². The van der Waals surface area contributed by atoms with E-state index in [0.29, 0.717) is 6.04 Å². The molecule has 2 rings (SSSR count). The summed E-state index contributed by atoms with van der Waals surface area (Å²) in [7, 11) is 0. The number of piperidine rings is 1. The fourth-order valence-electron chi connectivity index (χ4n) is 3.27. The van der Waals surface area contributed by atoms with Crippen LogP contribution in [0.4, 0.5) is 0 Å². The van der Waals surface area contributed by atoms with E-state index in [4.69, 9.17) is 0 Å². The minimum Gasteiger partial charge on any atom is -0.311 e. The number of rotatable bonds is 4. The van der Waals surface area contributed by atoms with Gasteiger partial charge in [-0.25, -0.2) is 0 Å². The maximum atomic E-state index is 3.86. The first kappa shape index (κ1) is 12.4. The molecule has 0 bridgehead atoms. The van der Waals surface area contributed by atoms with E-state index in [2.05, 4.69) is 31.0 Å². The van der Waals surface area contributed by atoms with Gasteiger partial charge in [0.2, 0.25) is 0 Å². The van der Waals surface area contributed by atoms with Crippen LogP contribution in [-0.2, 0) is 0 Å². The number of hydrogen-bond donors (Lipinski definition) is 1. The largest absolute Gasteiger partial charge is 0.311 e. The van der Waals surface area contributed by atoms with Gasteiger partial charge in [-0.3, -0.25) is 0 Å². The van der Waals surface area contributed by atoms with Crippen LogP contribution >= 0.6 is 0 Å². The lowest BCUT2D eigenvalue weighted by Crippen LogP contribution is -2.49. The van der Waals surface area contributed by atoms with Crippen molar-refractivity contribution >= 4 is 0 Å². The Labute approximate surface area is 101 Å². The van der Waals surface area contributed by atoms with Crippen LogP contribution in [0.25, 0.3) is 0 Å². The van der Waals surface area contributed by atoms with Crippen molar-refractivity contribution in [3.05, 3.63) is 0 Å². The van der Waals surface area contributed by atoms with E-state index in [-0.39, 0.29) is 0 Å². The molecule has 2 aliphatic rings. The summed E-state index contributed by atoms with van der Waals surface area (Å²) in [4.78, 5) is 2.70. The van der Waals surface area contributed by atoms with Gasteiger partial charge in [0.05, 0.1) is 0 Å². The molecule has 0 spiro atoms. The number of nitrogens with zero attached hydrogens (tertiary/aromatic N) is 1. The van der Waals surface area contributed by atoms with Crippen molar-refractivity contribution in [2.45, 2.75) is 71.0 Å². The highest BCUT2D eigenvalue weighted by Crippen LogP contribution is 2.27. The standard InChI is InChI=1S/C14H28N2/c1-4-11(2)12(3)15-13-7-9-16-8-5-6-14(16)10-13/h11-15H,4-10H2,1-3H3. The molecule has 0 saturated carbocycles. The van der Waals surface area contributed by atoms with Crippen molar-refractivity contribution in [1.29, 1.82) is 0 Å². The average Bonchev–Trinajstić information content (AvgIpc) is 2.75. The second-order valence-corrected chi connectivity index (χ2v) is 5.89. The second-order valence-electron chi connectivity index (χ2n) is 5.89. The molecule has 2 aliphatic heterocycles. The van der Waals surface area contributed by atoms with E-state index < -0.39 is 0 Å². The molecule has 4 unspecified atom stereocenters. The zero-order valence-corrected chi connectivity index (χ0v) is 11.2. The summed E-state index contributed by atoms with van der Waals surface area (Å²) >= 11 is 0. The Morgan fingerprint density at radius 3 is 2.81 bits per heavy atom. The maximum Gasteiger partial charge on any atom is 0.0111 e. The third kappa shape index (κ3) is 2.78. The van der Waals surface area contributed by atoms with Crippen LogP contribution in [0.3, 0.4) is 0 Å². The van der Waals surface area contributed by atoms with Gasteiger partial charge in [0.25, 0.3) is 0 Å². The molecule has 2 heteroatoms. The normalized spacial score (nSPS) is 34.7. The summed E-state index contributed by atoms with van der Waals surface area (Å²) < 4.78 is 0. The average molecular weight is 224 g/mol. The molecule has 16 heavy (non-hydrogen) atoms. The van der Waals surface area contributed by atoms with Crippen LogP contribution in [0, 0.1) is 5.92 Å². The second kappa shape index (κ2) is 5.50. The van der Waals surface area contributed by atoms with E-state index in [0.717, 1.165) is 18.0 Å². The highest BCUT2D eigenvalue weighted by molar-refractivity contribution is 4.90. The molecule has 0 radical (unpaired) electrons. The molecule has 2 heterocycles. The quantitative estimate of drug-likeness (QED) is 0.790. The lowest BCUT2D eigenvalue weighted by molar-refractivity contribution is 0.156. The van der Waals surface area contributed by atoms with Crippen molar-refractivity contribution in [2.24, 2.45) is 5.92 Å². The van der Waals surface area contributed by atoms with E-state index >= 15 is 0 Å². The molecule has 2 saturated heterocycles. The fourth-order valence-corrected chi connectivity index (χ4v) is 3.27. The van der Waals surface area contributed by atoms with Crippen molar-refractivity contribution in [3.8, 4) is 0 Å². The van der Waals surface area contributed by atoms with Crippen LogP contribution in [0.15, 0.2) is 0 Å². The Kier molecular flexibility index (Phi) is 4.26. The molecular formula is C14H28N2. The zero-order chi connectivity index (χ0) is 11.5. The Hall–Kier alpha value is -0.0800. The minimum atomic E-state index is 0.683. The molecule has 0 aromatic rings. The fraction of sp³-hybridized carbons (Fsp3) is 1.00. The molecule has 0 aliphatic carbocycles. The zero-order valence-electron chi connectivity index (χ0n) is 11.2. The van der Waals surface area contributed by atoms with E-state index in [1.54, 1.807) is 0 Å². The lowest BCUT2D eigenvalue weighted by atomic mass is 9.94. The molecule has 94 valence electrons. The van der Waals surface area contributed by atoms with Crippen molar-refractivity contribution < 1.29 is 0 Å². The van der Waals surface area contributed by atoms with Crippen molar-refractivity contribution in [3.63, 3.8) is 0 Å². The molecule has 0 aromatic heterocycles. The van der Waals surface area contributed by atoms with E-state index in [9.17, 15) is 0 Å². The van der Waals surface area contributed by atoms with E-state index in [1.807, 2.05) is 0 Å². The molecule has 1 N–H and O–H groups in total. The minimum absolute atomic E-state index is 0.683. The lowest BCUT2D eigenvalue weighted by Gasteiger charge is -2.37. The van der Waals surface area contributed by atoms with Crippen LogP contribution in [-0.4, -0.2) is 36.1 Å². The summed E-state index contributed by atoms with van der Waals surface area (Å²) in [5.74, 6) is 0.807. The molecular weight excluding hydrogens is 196 g/mol. The Morgan fingerprint density at radius 2 is 2.06 bits per heavy atom. The summed E-state index contributed by atoms with van der Waals surface area (Å²) in [6, 6.07) is 2.36. The highest BCUT2D eigenvalue weighted by atomic mass is 15.2. The Bertz CT molecular complexity index is 217. The molecule has 0 amide bonds. The summed E-state index contributed by atoms with van der Waals surface area (Å²) in [6.45, 7) is 9.70. The Balaban J connectivity index is 1.78. The van der Waals surface area contributed by atoms with Gasteiger partial charge >= 0.3 is 0 Å². The van der Waals surface area contributed by atoms with Gasteiger partial charge in [0.15, 0.2) is 0 Å². The van der Waals surface area contributed by atoms with Gasteiger partial charge in [-0.2, -0.15) is 0 Å². The first-order chi connectivity index (χ1) is 7.70. The van der Waals surface area contributed by atoms with Crippen LogP contribution in [0.1, 0.15) is 52.9 Å². The molecule has 4 atom stereocenters. The van der Waals surface area contributed by atoms with Crippen molar-refractivity contribution in [2.75, 3.05) is 13.1 Å². The number of fused-ring (bicyclic) bond motifs is 1. The third-order valence-electron chi connectivity index (χ3n) is 4.82. The first-order valence-electron chi connectivity index (χ1n) is 7.20. The SMILES string of the molecule is CCC(C)C(C)NC1CCN2CCCC2C1. The monoisotopic (exact) mass is 224 g/mol. The van der Waals surface area contributed by atoms with Crippen LogP contribution in [0.5, 0.6) is 0 Å². The van der Waals surface area contributed by atoms with Gasteiger partial charge in [0, 0.05) is 18.1 Å². The topological polar surface area (TPSA) is 15.3 Å². The number of nitrogens with one attached hydrogen (secondary N) is 1. The van der Waals surface area contributed by atoms with E-state index in [1.165, 1.54) is 45.2 Å². The van der Waals surface area contributed by atoms with Gasteiger partial charge in [-0.15, -0.1) is 0 Å². The van der Waals surface area contributed by atoms with Gasteiger partial charge in [-0.05, 0) is 51.6 Å². The predicted molar refractivity (Wildman–Crippen MR) is 69.7 cm³/mol. The number of hydrogen-bond acceptors (Lipinski definition) is 2. The predicted octanol–water partition coefficient (Wildman–Crippen LogP) is 2.64. The van der Waals surface area contributed by atoms with Crippen molar-refractivity contribution in [1.82, 2.24) is 10.2 Å². The molecule has 2 nitrogen and oxygen atoms in total. The summed E-state index contributed by atoms with van der Waals surface area (Å²) in [6.07, 6.45) is 6.91. The maximum absolute atomic E-state index is 3.86. The molecule has 0 aromatic carbocycles. The van der Waals surface area contributed by atoms with Gasteiger partial charge in [-0.1, -0.05) is 20.3 Å². The third-order valence-corrected chi connectivity index (χ3v) is 4.82. The highest BCUT2D eigenvalue weighted by Gasteiger charge is 2.32. The molecule has 2 fully saturated rings. The first-order valence-corrected chi connectivity index (χ1v) is 7.20. The van der Waals surface area contributed by atoms with Crippen LogP contribution in [0.2, 0.25) is 0 Å².